The Morgan fingerprint density at radius 2 is 1.89 bits per heavy atom. The molecular formula is C21H27N3O4. The Kier molecular flexibility index (Phi) is 7.80. The van der Waals surface area contributed by atoms with Crippen LogP contribution in [0.3, 0.4) is 0 Å². The van der Waals surface area contributed by atoms with Gasteiger partial charge in [-0.05, 0) is 36.6 Å². The molecule has 28 heavy (non-hydrogen) atoms. The maximum absolute atomic E-state index is 12.1. The summed E-state index contributed by atoms with van der Waals surface area (Å²) >= 11 is 0. The quantitative estimate of drug-likeness (QED) is 0.479. The number of nitrogens with zero attached hydrogens (tertiary/aromatic N) is 2. The van der Waals surface area contributed by atoms with E-state index in [1.807, 2.05) is 30.0 Å². The van der Waals surface area contributed by atoms with E-state index >= 15 is 0 Å². The number of hydrogen-bond acceptors (Lipinski definition) is 5. The first-order chi connectivity index (χ1) is 13.5. The van der Waals surface area contributed by atoms with E-state index in [0.717, 1.165) is 18.5 Å². The summed E-state index contributed by atoms with van der Waals surface area (Å²) in [6, 6.07) is 12.2. The van der Waals surface area contributed by atoms with Crippen molar-refractivity contribution in [2.24, 2.45) is 0 Å². The third-order valence-corrected chi connectivity index (χ3v) is 4.45. The van der Waals surface area contributed by atoms with Gasteiger partial charge in [0.15, 0.2) is 0 Å². The van der Waals surface area contributed by atoms with E-state index in [-0.39, 0.29) is 11.6 Å². The highest BCUT2D eigenvalue weighted by molar-refractivity contribution is 5.76. The first-order valence-corrected chi connectivity index (χ1v) is 9.45. The van der Waals surface area contributed by atoms with Crippen molar-refractivity contribution in [3.05, 3.63) is 58.1 Å². The highest BCUT2D eigenvalue weighted by Crippen LogP contribution is 2.33. The fourth-order valence-electron chi connectivity index (χ4n) is 3.01. The summed E-state index contributed by atoms with van der Waals surface area (Å²) in [5.41, 5.74) is 2.07. The predicted molar refractivity (Wildman–Crippen MR) is 110 cm³/mol. The maximum Gasteiger partial charge on any atom is 0.292 e. The van der Waals surface area contributed by atoms with E-state index in [9.17, 15) is 14.9 Å². The normalized spacial score (nSPS) is 10.4. The largest absolute Gasteiger partial charge is 0.495 e. The summed E-state index contributed by atoms with van der Waals surface area (Å²) in [6.45, 7) is 5.30. The summed E-state index contributed by atoms with van der Waals surface area (Å²) < 4.78 is 5.40. The van der Waals surface area contributed by atoms with Crippen molar-refractivity contribution < 1.29 is 14.5 Å². The molecule has 1 N–H and O–H groups in total. The molecule has 0 atom stereocenters. The second kappa shape index (κ2) is 10.3. The average molecular weight is 385 g/mol. The van der Waals surface area contributed by atoms with Gasteiger partial charge in [0.05, 0.1) is 17.7 Å². The van der Waals surface area contributed by atoms with Gasteiger partial charge in [-0.15, -0.1) is 0 Å². The van der Waals surface area contributed by atoms with Crippen molar-refractivity contribution in [3.8, 4) is 5.75 Å². The molecule has 0 aromatic heterocycles. The Labute approximate surface area is 165 Å². The number of nitrogens with one attached hydrogen (secondary N) is 1. The van der Waals surface area contributed by atoms with Crippen molar-refractivity contribution in [3.63, 3.8) is 0 Å². The Morgan fingerprint density at radius 1 is 1.14 bits per heavy atom. The van der Waals surface area contributed by atoms with Crippen LogP contribution in [0.25, 0.3) is 0 Å². The molecule has 0 spiro atoms. The van der Waals surface area contributed by atoms with Crippen LogP contribution in [-0.2, 0) is 11.2 Å². The van der Waals surface area contributed by atoms with Crippen LogP contribution in [0.15, 0.2) is 42.5 Å². The van der Waals surface area contributed by atoms with E-state index in [1.54, 1.807) is 25.3 Å². The smallest absolute Gasteiger partial charge is 0.292 e. The lowest BCUT2D eigenvalue weighted by Gasteiger charge is -2.22. The minimum Gasteiger partial charge on any atom is -0.495 e. The molecule has 2 aromatic carbocycles. The van der Waals surface area contributed by atoms with Crippen molar-refractivity contribution in [1.82, 2.24) is 4.90 Å². The molecule has 0 aliphatic heterocycles. The average Bonchev–Trinajstić information content (AvgIpc) is 2.71. The second-order valence-electron chi connectivity index (χ2n) is 6.42. The molecule has 0 aliphatic rings. The number of ether oxygens (including phenoxy) is 1. The molecule has 7 nitrogen and oxygen atoms in total. The zero-order chi connectivity index (χ0) is 20.5. The lowest BCUT2D eigenvalue weighted by Crippen LogP contribution is -2.33. The van der Waals surface area contributed by atoms with E-state index in [2.05, 4.69) is 12.2 Å². The maximum atomic E-state index is 12.1. The minimum atomic E-state index is -0.419. The van der Waals surface area contributed by atoms with E-state index in [1.165, 1.54) is 6.07 Å². The fraction of sp³-hybridized carbons (Fsp3) is 0.381. The van der Waals surface area contributed by atoms with Crippen molar-refractivity contribution in [2.75, 3.05) is 25.5 Å². The summed E-state index contributed by atoms with van der Waals surface area (Å²) in [5.74, 6) is 0.741. The molecule has 1 amide bonds. The number of nitro benzene ring substituents is 1. The molecule has 0 saturated heterocycles. The van der Waals surface area contributed by atoms with Gasteiger partial charge < -0.3 is 15.0 Å². The molecule has 150 valence electrons. The van der Waals surface area contributed by atoms with Gasteiger partial charge in [0.1, 0.15) is 11.4 Å². The molecule has 0 heterocycles. The van der Waals surface area contributed by atoms with Gasteiger partial charge in [-0.3, -0.25) is 14.9 Å². The molecule has 0 radical (unpaired) electrons. The zero-order valence-corrected chi connectivity index (χ0v) is 16.6. The van der Waals surface area contributed by atoms with Gasteiger partial charge in [0.25, 0.3) is 5.69 Å². The van der Waals surface area contributed by atoms with Crippen molar-refractivity contribution in [1.29, 1.82) is 0 Å². The molecule has 0 saturated carbocycles. The summed E-state index contributed by atoms with van der Waals surface area (Å²) in [4.78, 5) is 24.8. The predicted octanol–water partition coefficient (Wildman–Crippen LogP) is 4.54. The molecule has 0 bridgehead atoms. The SMILES string of the molecule is CCCN(CCc1ccc(OC)c(Nc2ccccc2[N+](=O)[O-])c1)C(=O)CC. The Balaban J connectivity index is 2.22. The highest BCUT2D eigenvalue weighted by Gasteiger charge is 2.15. The molecule has 0 aliphatic carbocycles. The number of nitro groups is 1. The van der Waals surface area contributed by atoms with Gasteiger partial charge >= 0.3 is 0 Å². The van der Waals surface area contributed by atoms with Crippen molar-refractivity contribution >= 4 is 23.0 Å². The van der Waals surface area contributed by atoms with Gasteiger partial charge in [-0.2, -0.15) is 0 Å². The van der Waals surface area contributed by atoms with Crippen LogP contribution in [-0.4, -0.2) is 35.9 Å². The van der Waals surface area contributed by atoms with Crippen LogP contribution in [0.2, 0.25) is 0 Å². The lowest BCUT2D eigenvalue weighted by molar-refractivity contribution is -0.383. The van der Waals surface area contributed by atoms with Gasteiger partial charge in [-0.1, -0.05) is 32.0 Å². The number of para-hydroxylation sites is 2. The van der Waals surface area contributed by atoms with Crippen LogP contribution in [0.5, 0.6) is 5.75 Å². The number of rotatable bonds is 10. The molecule has 0 unspecified atom stereocenters. The fourth-order valence-corrected chi connectivity index (χ4v) is 3.01. The Bertz CT molecular complexity index is 823. The number of carbonyl (C=O) groups excluding carboxylic acids is 1. The van der Waals surface area contributed by atoms with E-state index in [4.69, 9.17) is 4.74 Å². The number of methoxy groups -OCH3 is 1. The van der Waals surface area contributed by atoms with E-state index in [0.29, 0.717) is 36.5 Å². The van der Waals surface area contributed by atoms with Gasteiger partial charge in [0.2, 0.25) is 5.91 Å². The first-order valence-electron chi connectivity index (χ1n) is 9.45. The topological polar surface area (TPSA) is 84.7 Å². The van der Waals surface area contributed by atoms with Gasteiger partial charge in [0, 0.05) is 25.6 Å². The van der Waals surface area contributed by atoms with Crippen LogP contribution in [0.4, 0.5) is 17.1 Å². The number of hydrogen-bond donors (Lipinski definition) is 1. The lowest BCUT2D eigenvalue weighted by atomic mass is 10.1. The molecule has 2 rings (SSSR count). The van der Waals surface area contributed by atoms with Crippen LogP contribution < -0.4 is 10.1 Å². The number of anilines is 2. The monoisotopic (exact) mass is 385 g/mol. The standard InChI is InChI=1S/C21H27N3O4/c1-4-13-23(21(25)5-2)14-12-16-10-11-20(28-3)18(15-16)22-17-8-6-7-9-19(17)24(26)27/h6-11,15,22H,4-5,12-14H2,1-3H3. The van der Waals surface area contributed by atoms with Crippen LogP contribution in [0.1, 0.15) is 32.3 Å². The molecule has 2 aromatic rings. The third-order valence-electron chi connectivity index (χ3n) is 4.45. The van der Waals surface area contributed by atoms with Crippen LogP contribution in [0, 0.1) is 10.1 Å². The summed E-state index contributed by atoms with van der Waals surface area (Å²) in [5, 5.41) is 14.4. The number of benzene rings is 2. The number of amides is 1. The third kappa shape index (κ3) is 5.45. The second-order valence-corrected chi connectivity index (χ2v) is 6.42. The first kappa shape index (κ1) is 21.2. The van der Waals surface area contributed by atoms with Gasteiger partial charge in [-0.25, -0.2) is 0 Å². The summed E-state index contributed by atoms with van der Waals surface area (Å²) in [6.07, 6.45) is 2.10. The zero-order valence-electron chi connectivity index (χ0n) is 16.6. The number of carbonyl (C=O) groups is 1. The highest BCUT2D eigenvalue weighted by atomic mass is 16.6. The molecule has 0 fully saturated rings. The van der Waals surface area contributed by atoms with Crippen LogP contribution >= 0.6 is 0 Å². The Hall–Kier alpha value is -3.09. The van der Waals surface area contributed by atoms with E-state index < -0.39 is 4.92 Å². The summed E-state index contributed by atoms with van der Waals surface area (Å²) in [7, 11) is 1.56. The van der Waals surface area contributed by atoms with Crippen molar-refractivity contribution in [2.45, 2.75) is 33.1 Å². The minimum absolute atomic E-state index is 0.00220. The molecule has 7 heteroatoms. The molecular weight excluding hydrogens is 358 g/mol. The Morgan fingerprint density at radius 3 is 2.54 bits per heavy atom.